The van der Waals surface area contributed by atoms with Crippen LogP contribution in [0.15, 0.2) is 88.2 Å². The fourth-order valence-corrected chi connectivity index (χ4v) is 5.79. The van der Waals surface area contributed by atoms with Gasteiger partial charge in [-0.05, 0) is 82.1 Å². The van der Waals surface area contributed by atoms with Gasteiger partial charge in [0.15, 0.2) is 0 Å². The molecule has 2 amide bonds. The highest BCUT2D eigenvalue weighted by Crippen LogP contribution is 2.25. The number of carbonyl (C=O) groups excluding carboxylic acids is 2. The number of rotatable bonds is 9. The molecular weight excluding hydrogens is 566 g/mol. The highest BCUT2D eigenvalue weighted by molar-refractivity contribution is 9.10. The zero-order valence-electron chi connectivity index (χ0n) is 22.3. The molecule has 9 heteroatoms. The van der Waals surface area contributed by atoms with Gasteiger partial charge in [0.05, 0.1) is 10.6 Å². The zero-order chi connectivity index (χ0) is 28.1. The van der Waals surface area contributed by atoms with Crippen LogP contribution in [0.2, 0.25) is 0 Å². The van der Waals surface area contributed by atoms with E-state index in [-0.39, 0.29) is 17.3 Å². The van der Waals surface area contributed by atoms with Crippen LogP contribution in [0.3, 0.4) is 0 Å². The van der Waals surface area contributed by atoms with Crippen LogP contribution < -0.4 is 9.62 Å². The lowest BCUT2D eigenvalue weighted by Crippen LogP contribution is -2.54. The molecule has 202 valence electrons. The van der Waals surface area contributed by atoms with Gasteiger partial charge in [-0.3, -0.25) is 13.9 Å². The van der Waals surface area contributed by atoms with E-state index in [1.807, 2.05) is 58.0 Å². The Balaban J connectivity index is 2.03. The van der Waals surface area contributed by atoms with Crippen molar-refractivity contribution in [3.8, 4) is 0 Å². The van der Waals surface area contributed by atoms with Crippen molar-refractivity contribution in [3.63, 3.8) is 0 Å². The van der Waals surface area contributed by atoms with Gasteiger partial charge in [0, 0.05) is 16.6 Å². The van der Waals surface area contributed by atoms with Gasteiger partial charge in [0.1, 0.15) is 12.6 Å². The van der Waals surface area contributed by atoms with Crippen LogP contribution in [-0.4, -0.2) is 43.3 Å². The van der Waals surface area contributed by atoms with E-state index in [1.54, 1.807) is 43.3 Å². The maximum absolute atomic E-state index is 13.9. The number of benzene rings is 3. The summed E-state index contributed by atoms with van der Waals surface area (Å²) in [5.41, 5.74) is 1.53. The van der Waals surface area contributed by atoms with Gasteiger partial charge in [-0.1, -0.05) is 58.4 Å². The largest absolute Gasteiger partial charge is 0.350 e. The molecule has 0 unspecified atom stereocenters. The molecule has 0 aromatic heterocycles. The molecule has 0 aliphatic heterocycles. The van der Waals surface area contributed by atoms with E-state index in [9.17, 15) is 18.0 Å². The maximum atomic E-state index is 13.9. The first-order valence-corrected chi connectivity index (χ1v) is 14.5. The molecular formula is C29H34BrN3O4S. The molecule has 0 radical (unpaired) electrons. The molecule has 7 nitrogen and oxygen atoms in total. The van der Waals surface area contributed by atoms with E-state index in [0.29, 0.717) is 5.69 Å². The second-order valence-electron chi connectivity index (χ2n) is 10.2. The molecule has 0 bridgehead atoms. The highest BCUT2D eigenvalue weighted by atomic mass is 79.9. The first kappa shape index (κ1) is 29.4. The summed E-state index contributed by atoms with van der Waals surface area (Å²) in [5.74, 6) is -0.823. The van der Waals surface area contributed by atoms with Gasteiger partial charge in [0.2, 0.25) is 11.8 Å². The number of nitrogens with one attached hydrogen (secondary N) is 1. The molecule has 3 aromatic carbocycles. The quantitative estimate of drug-likeness (QED) is 0.362. The fraction of sp³-hybridized carbons (Fsp3) is 0.310. The number of sulfonamides is 1. The SMILES string of the molecule is Cc1cccc(N(CC(=O)N(Cc2cccc(Br)c2)[C@@H](C)C(=O)NC(C)(C)C)S(=O)(=O)c2ccccc2)c1. The molecule has 1 N–H and O–H groups in total. The minimum atomic E-state index is -4.08. The molecule has 0 aliphatic carbocycles. The van der Waals surface area contributed by atoms with Crippen molar-refractivity contribution in [2.24, 2.45) is 0 Å². The van der Waals surface area contributed by atoms with E-state index in [1.165, 1.54) is 17.0 Å². The third-order valence-corrected chi connectivity index (χ3v) is 8.09. The second kappa shape index (κ2) is 12.1. The van der Waals surface area contributed by atoms with E-state index < -0.39 is 34.1 Å². The Labute approximate surface area is 234 Å². The number of hydrogen-bond donors (Lipinski definition) is 1. The molecule has 0 heterocycles. The molecule has 0 saturated heterocycles. The van der Waals surface area contributed by atoms with Gasteiger partial charge < -0.3 is 10.2 Å². The summed E-state index contributed by atoms with van der Waals surface area (Å²) in [6.45, 7) is 8.76. The molecule has 1 atom stereocenters. The summed E-state index contributed by atoms with van der Waals surface area (Å²) in [6.07, 6.45) is 0. The van der Waals surface area contributed by atoms with Crippen LogP contribution in [0.1, 0.15) is 38.8 Å². The maximum Gasteiger partial charge on any atom is 0.264 e. The van der Waals surface area contributed by atoms with Gasteiger partial charge in [-0.15, -0.1) is 0 Å². The lowest BCUT2D eigenvalue weighted by molar-refractivity contribution is -0.140. The van der Waals surface area contributed by atoms with Gasteiger partial charge >= 0.3 is 0 Å². The molecule has 38 heavy (non-hydrogen) atoms. The van der Waals surface area contributed by atoms with E-state index >= 15 is 0 Å². The fourth-order valence-electron chi connectivity index (χ4n) is 3.92. The van der Waals surface area contributed by atoms with Crippen LogP contribution in [0.25, 0.3) is 0 Å². The number of amides is 2. The van der Waals surface area contributed by atoms with Crippen molar-refractivity contribution >= 4 is 43.5 Å². The average Bonchev–Trinajstić information content (AvgIpc) is 2.84. The molecule has 0 aliphatic rings. The minimum Gasteiger partial charge on any atom is -0.350 e. The van der Waals surface area contributed by atoms with Crippen molar-refractivity contribution in [2.45, 2.75) is 57.6 Å². The standard InChI is InChI=1S/C29H34BrN3O4S/c1-21-11-9-14-25(17-21)33(38(36,37)26-15-7-6-8-16-26)20-27(34)32(19-23-12-10-13-24(30)18-23)22(2)28(35)31-29(3,4)5/h6-18,22H,19-20H2,1-5H3,(H,31,35)/t22-/m0/s1. The van der Waals surface area contributed by atoms with Crippen molar-refractivity contribution in [3.05, 3.63) is 94.5 Å². The Morgan fingerprint density at radius 3 is 2.21 bits per heavy atom. The Morgan fingerprint density at radius 1 is 0.947 bits per heavy atom. The lowest BCUT2D eigenvalue weighted by Gasteiger charge is -2.33. The Bertz CT molecular complexity index is 1390. The van der Waals surface area contributed by atoms with Gasteiger partial charge in [-0.25, -0.2) is 8.42 Å². The topological polar surface area (TPSA) is 86.8 Å². The summed E-state index contributed by atoms with van der Waals surface area (Å²) in [4.78, 5) is 28.6. The Morgan fingerprint density at radius 2 is 1.61 bits per heavy atom. The summed E-state index contributed by atoms with van der Waals surface area (Å²) in [5, 5.41) is 2.93. The number of aryl methyl sites for hydroxylation is 1. The van der Waals surface area contributed by atoms with Crippen molar-refractivity contribution in [2.75, 3.05) is 10.8 Å². The van der Waals surface area contributed by atoms with Crippen LogP contribution >= 0.6 is 15.9 Å². The van der Waals surface area contributed by atoms with E-state index in [2.05, 4.69) is 21.2 Å². The molecule has 0 saturated carbocycles. The Hall–Kier alpha value is -3.17. The van der Waals surface area contributed by atoms with Crippen molar-refractivity contribution in [1.82, 2.24) is 10.2 Å². The molecule has 0 fully saturated rings. The van der Waals surface area contributed by atoms with E-state index in [4.69, 9.17) is 0 Å². The second-order valence-corrected chi connectivity index (χ2v) is 13.0. The van der Waals surface area contributed by atoms with Crippen LogP contribution in [0.4, 0.5) is 5.69 Å². The number of halogens is 1. The zero-order valence-corrected chi connectivity index (χ0v) is 24.7. The van der Waals surface area contributed by atoms with Crippen LogP contribution in [-0.2, 0) is 26.2 Å². The lowest BCUT2D eigenvalue weighted by atomic mass is 10.1. The normalized spacial score (nSPS) is 12.5. The monoisotopic (exact) mass is 599 g/mol. The number of carbonyl (C=O) groups is 2. The number of anilines is 1. The predicted octanol–water partition coefficient (Wildman–Crippen LogP) is 5.28. The number of hydrogen-bond acceptors (Lipinski definition) is 4. The first-order chi connectivity index (χ1) is 17.8. The summed E-state index contributed by atoms with van der Waals surface area (Å²) >= 11 is 3.45. The summed E-state index contributed by atoms with van der Waals surface area (Å²) in [6, 6.07) is 21.6. The van der Waals surface area contributed by atoms with Crippen LogP contribution in [0, 0.1) is 6.92 Å². The molecule has 3 aromatic rings. The molecule has 0 spiro atoms. The smallest absolute Gasteiger partial charge is 0.264 e. The third kappa shape index (κ3) is 7.68. The summed E-state index contributed by atoms with van der Waals surface area (Å²) in [7, 11) is -4.08. The average molecular weight is 601 g/mol. The van der Waals surface area contributed by atoms with Gasteiger partial charge in [-0.2, -0.15) is 0 Å². The Kier molecular flexibility index (Phi) is 9.38. The predicted molar refractivity (Wildman–Crippen MR) is 154 cm³/mol. The van der Waals surface area contributed by atoms with Crippen LogP contribution in [0.5, 0.6) is 0 Å². The third-order valence-electron chi connectivity index (χ3n) is 5.81. The number of nitrogens with zero attached hydrogens (tertiary/aromatic N) is 2. The first-order valence-electron chi connectivity index (χ1n) is 12.3. The van der Waals surface area contributed by atoms with E-state index in [0.717, 1.165) is 19.9 Å². The van der Waals surface area contributed by atoms with Gasteiger partial charge in [0.25, 0.3) is 10.0 Å². The van der Waals surface area contributed by atoms with Crippen molar-refractivity contribution < 1.29 is 18.0 Å². The summed E-state index contributed by atoms with van der Waals surface area (Å²) < 4.78 is 29.5. The highest BCUT2D eigenvalue weighted by Gasteiger charge is 2.33. The van der Waals surface area contributed by atoms with Crippen molar-refractivity contribution in [1.29, 1.82) is 0 Å². The minimum absolute atomic E-state index is 0.0753. The molecule has 3 rings (SSSR count).